The summed E-state index contributed by atoms with van der Waals surface area (Å²) in [6, 6.07) is 4.17. The highest BCUT2D eigenvalue weighted by Gasteiger charge is 2.39. The first-order valence-electron chi connectivity index (χ1n) is 11.5. The minimum atomic E-state index is -1.35. The molecule has 0 spiro atoms. The Morgan fingerprint density at radius 1 is 1.00 bits per heavy atom. The van der Waals surface area contributed by atoms with Crippen molar-refractivity contribution in [3.63, 3.8) is 0 Å². The second kappa shape index (κ2) is 13.2. The number of hydrogen-bond donors (Lipinski definition) is 6. The minimum absolute atomic E-state index is 0.0932. The van der Waals surface area contributed by atoms with E-state index >= 15 is 0 Å². The van der Waals surface area contributed by atoms with E-state index < -0.39 is 66.1 Å². The van der Waals surface area contributed by atoms with Crippen molar-refractivity contribution in [1.82, 2.24) is 15.5 Å². The average molecular weight is 505 g/mol. The molecule has 4 unspecified atom stereocenters. The Kier molecular flexibility index (Phi) is 10.3. The zero-order chi connectivity index (χ0) is 26.8. The van der Waals surface area contributed by atoms with Gasteiger partial charge < -0.3 is 37.8 Å². The van der Waals surface area contributed by atoms with Crippen molar-refractivity contribution in [3.8, 4) is 0 Å². The van der Waals surface area contributed by atoms with Crippen LogP contribution in [0, 0.1) is 0 Å². The fraction of sp³-hybridized carbons (Fsp3) is 0.478. The highest BCUT2D eigenvalue weighted by molar-refractivity contribution is 5.95. The standard InChI is InChI=1S/C23H32N6O7/c24-14(12-19(26)31)20(32)28-16(11-13-5-2-1-3-6-13)22(34)29-10-4-7-17(29)21(33)27-15(23(35)36)8-9-18(25)30/h1-3,5-6,14-17H,4,7-12,24H2,(H2,25,30)(H2,26,31)(H,27,33)(H,28,32)(H,35,36). The third-order valence-corrected chi connectivity index (χ3v) is 5.79. The molecule has 0 aromatic heterocycles. The number of amides is 5. The molecule has 0 radical (unpaired) electrons. The summed E-state index contributed by atoms with van der Waals surface area (Å²) in [5.41, 5.74) is 16.6. The molecule has 1 aliphatic rings. The van der Waals surface area contributed by atoms with Crippen LogP contribution < -0.4 is 27.8 Å². The lowest BCUT2D eigenvalue weighted by Gasteiger charge is -2.30. The molecule has 0 bridgehead atoms. The summed E-state index contributed by atoms with van der Waals surface area (Å²) >= 11 is 0. The second-order valence-corrected chi connectivity index (χ2v) is 8.62. The van der Waals surface area contributed by atoms with Gasteiger partial charge in [-0.3, -0.25) is 24.0 Å². The molecule has 13 nitrogen and oxygen atoms in total. The van der Waals surface area contributed by atoms with Crippen molar-refractivity contribution in [2.45, 2.75) is 62.7 Å². The Labute approximate surface area is 207 Å². The Balaban J connectivity index is 2.19. The number of carboxylic acid groups (broad SMARTS) is 1. The number of rotatable bonds is 13. The molecule has 13 heteroatoms. The lowest BCUT2D eigenvalue weighted by molar-refractivity contribution is -0.145. The summed E-state index contributed by atoms with van der Waals surface area (Å²) in [7, 11) is 0. The van der Waals surface area contributed by atoms with Crippen LogP contribution in [0.15, 0.2) is 30.3 Å². The van der Waals surface area contributed by atoms with Crippen molar-refractivity contribution < 1.29 is 33.9 Å². The van der Waals surface area contributed by atoms with E-state index in [0.717, 1.165) is 5.56 Å². The Hall–Kier alpha value is -4.00. The number of aliphatic carboxylic acids is 1. The summed E-state index contributed by atoms with van der Waals surface area (Å²) in [6.07, 6.45) is 0.0242. The van der Waals surface area contributed by atoms with Gasteiger partial charge in [0.2, 0.25) is 29.5 Å². The van der Waals surface area contributed by atoms with Gasteiger partial charge in [0.15, 0.2) is 0 Å². The largest absolute Gasteiger partial charge is 0.480 e. The van der Waals surface area contributed by atoms with Crippen LogP contribution in [0.3, 0.4) is 0 Å². The van der Waals surface area contributed by atoms with E-state index in [2.05, 4.69) is 10.6 Å². The van der Waals surface area contributed by atoms with Gasteiger partial charge in [-0.15, -0.1) is 0 Å². The third-order valence-electron chi connectivity index (χ3n) is 5.79. The van der Waals surface area contributed by atoms with E-state index in [4.69, 9.17) is 17.2 Å². The van der Waals surface area contributed by atoms with Crippen molar-refractivity contribution >= 4 is 35.5 Å². The van der Waals surface area contributed by atoms with Crippen molar-refractivity contribution in [3.05, 3.63) is 35.9 Å². The van der Waals surface area contributed by atoms with Crippen LogP contribution in [0.4, 0.5) is 0 Å². The fourth-order valence-corrected chi connectivity index (χ4v) is 3.95. The molecule has 2 rings (SSSR count). The first kappa shape index (κ1) is 28.2. The highest BCUT2D eigenvalue weighted by Crippen LogP contribution is 2.20. The van der Waals surface area contributed by atoms with Crippen LogP contribution in [-0.4, -0.2) is 76.2 Å². The normalized spacial score (nSPS) is 17.5. The number of nitrogens with one attached hydrogen (secondary N) is 2. The maximum absolute atomic E-state index is 13.5. The number of nitrogens with zero attached hydrogens (tertiary/aromatic N) is 1. The Morgan fingerprint density at radius 3 is 2.25 bits per heavy atom. The molecule has 1 aromatic carbocycles. The lowest BCUT2D eigenvalue weighted by Crippen LogP contribution is -2.57. The van der Waals surface area contributed by atoms with Crippen molar-refractivity contribution in [1.29, 1.82) is 0 Å². The van der Waals surface area contributed by atoms with Gasteiger partial charge in [0.05, 0.1) is 12.5 Å². The average Bonchev–Trinajstić information content (AvgIpc) is 3.30. The Morgan fingerprint density at radius 2 is 1.67 bits per heavy atom. The summed E-state index contributed by atoms with van der Waals surface area (Å²) in [6.45, 7) is 0.213. The van der Waals surface area contributed by atoms with Crippen LogP contribution in [0.25, 0.3) is 0 Å². The number of carbonyl (C=O) groups is 6. The molecule has 0 saturated carbocycles. The van der Waals surface area contributed by atoms with E-state index in [0.29, 0.717) is 6.42 Å². The molecule has 1 saturated heterocycles. The maximum atomic E-state index is 13.5. The molecule has 1 aliphatic heterocycles. The SMILES string of the molecule is NC(=O)CCC(NC(=O)C1CCCN1C(=O)C(Cc1ccccc1)NC(=O)C(N)CC(N)=O)C(=O)O. The minimum Gasteiger partial charge on any atom is -0.480 e. The summed E-state index contributed by atoms with van der Waals surface area (Å²) < 4.78 is 0. The van der Waals surface area contributed by atoms with Crippen LogP contribution >= 0.6 is 0 Å². The monoisotopic (exact) mass is 504 g/mol. The van der Waals surface area contributed by atoms with E-state index in [1.807, 2.05) is 0 Å². The molecule has 9 N–H and O–H groups in total. The second-order valence-electron chi connectivity index (χ2n) is 8.62. The molecule has 0 aliphatic carbocycles. The summed E-state index contributed by atoms with van der Waals surface area (Å²) in [5, 5.41) is 14.3. The van der Waals surface area contributed by atoms with Gasteiger partial charge in [0.1, 0.15) is 18.1 Å². The number of primary amides is 2. The first-order valence-corrected chi connectivity index (χ1v) is 11.5. The van der Waals surface area contributed by atoms with Gasteiger partial charge >= 0.3 is 5.97 Å². The van der Waals surface area contributed by atoms with E-state index in [1.54, 1.807) is 30.3 Å². The van der Waals surface area contributed by atoms with E-state index in [9.17, 15) is 33.9 Å². The molecule has 36 heavy (non-hydrogen) atoms. The molecule has 196 valence electrons. The molecule has 5 amide bonds. The van der Waals surface area contributed by atoms with Gasteiger partial charge in [-0.05, 0) is 24.8 Å². The van der Waals surface area contributed by atoms with Crippen LogP contribution in [0.1, 0.15) is 37.7 Å². The molecule has 1 heterocycles. The van der Waals surface area contributed by atoms with Crippen molar-refractivity contribution in [2.24, 2.45) is 17.2 Å². The summed E-state index contributed by atoms with van der Waals surface area (Å²) in [4.78, 5) is 73.9. The topological polar surface area (TPSA) is 228 Å². The zero-order valence-electron chi connectivity index (χ0n) is 19.7. The quantitative estimate of drug-likeness (QED) is 0.171. The van der Waals surface area contributed by atoms with Gasteiger partial charge in [-0.25, -0.2) is 4.79 Å². The molecule has 1 aromatic rings. The molecule has 4 atom stereocenters. The fourth-order valence-electron chi connectivity index (χ4n) is 3.95. The van der Waals surface area contributed by atoms with Gasteiger partial charge in [-0.2, -0.15) is 0 Å². The number of benzene rings is 1. The third kappa shape index (κ3) is 8.34. The predicted octanol–water partition coefficient (Wildman–Crippen LogP) is -2.26. The number of nitrogens with two attached hydrogens (primary N) is 3. The number of hydrogen-bond acceptors (Lipinski definition) is 7. The molecule has 1 fully saturated rings. The lowest BCUT2D eigenvalue weighted by atomic mass is 10.0. The van der Waals surface area contributed by atoms with Crippen LogP contribution in [0.2, 0.25) is 0 Å². The van der Waals surface area contributed by atoms with E-state index in [1.165, 1.54) is 4.90 Å². The molecular weight excluding hydrogens is 472 g/mol. The van der Waals surface area contributed by atoms with Crippen molar-refractivity contribution in [2.75, 3.05) is 6.54 Å². The highest BCUT2D eigenvalue weighted by atomic mass is 16.4. The van der Waals surface area contributed by atoms with E-state index in [-0.39, 0.29) is 32.2 Å². The number of carboxylic acids is 1. The van der Waals surface area contributed by atoms with Crippen LogP contribution in [0.5, 0.6) is 0 Å². The van der Waals surface area contributed by atoms with Gasteiger partial charge in [0, 0.05) is 19.4 Å². The molecular formula is C23H32N6O7. The van der Waals surface area contributed by atoms with Gasteiger partial charge in [-0.1, -0.05) is 30.3 Å². The van der Waals surface area contributed by atoms with Crippen LogP contribution in [-0.2, 0) is 35.2 Å². The smallest absolute Gasteiger partial charge is 0.326 e. The first-order chi connectivity index (χ1) is 17.0. The number of carbonyl (C=O) groups excluding carboxylic acids is 5. The zero-order valence-corrected chi connectivity index (χ0v) is 19.7. The Bertz CT molecular complexity index is 986. The maximum Gasteiger partial charge on any atom is 0.326 e. The number of likely N-dealkylation sites (tertiary alicyclic amines) is 1. The predicted molar refractivity (Wildman–Crippen MR) is 127 cm³/mol. The van der Waals surface area contributed by atoms with Gasteiger partial charge in [0.25, 0.3) is 0 Å². The summed E-state index contributed by atoms with van der Waals surface area (Å²) in [5.74, 6) is -4.81.